The molecule has 0 unspecified atom stereocenters. The Labute approximate surface area is 131 Å². The van der Waals surface area contributed by atoms with Crippen molar-refractivity contribution in [3.8, 4) is 5.75 Å². The fraction of sp³-hybridized carbons (Fsp3) is 0.133. The first-order chi connectivity index (χ1) is 10.0. The first kappa shape index (κ1) is 15.6. The average Bonchev–Trinajstić information content (AvgIpc) is 2.46. The highest BCUT2D eigenvalue weighted by Crippen LogP contribution is 2.27. The smallest absolute Gasteiger partial charge is 0.258 e. The summed E-state index contributed by atoms with van der Waals surface area (Å²) in [5.74, 6) is -0.228. The number of nitrogens with one attached hydrogen (secondary N) is 1. The van der Waals surface area contributed by atoms with Gasteiger partial charge < -0.3 is 10.1 Å². The van der Waals surface area contributed by atoms with Crippen molar-refractivity contribution in [2.45, 2.75) is 6.54 Å². The van der Waals surface area contributed by atoms with Crippen molar-refractivity contribution in [2.24, 2.45) is 0 Å². The van der Waals surface area contributed by atoms with Crippen molar-refractivity contribution in [3.63, 3.8) is 0 Å². The van der Waals surface area contributed by atoms with E-state index in [1.807, 2.05) is 0 Å². The van der Waals surface area contributed by atoms with Gasteiger partial charge in [-0.15, -0.1) is 0 Å². The number of hydrogen-bond donors (Lipinski definition) is 1. The molecular formula is C15H12Cl2FNO2. The zero-order valence-electron chi connectivity index (χ0n) is 10.9. The third-order valence-corrected chi connectivity index (χ3v) is 3.19. The van der Waals surface area contributed by atoms with E-state index in [2.05, 4.69) is 5.32 Å². The summed E-state index contributed by atoms with van der Waals surface area (Å²) >= 11 is 11.7. The zero-order chi connectivity index (χ0) is 15.2. The molecule has 2 aromatic carbocycles. The summed E-state index contributed by atoms with van der Waals surface area (Å²) in [5.41, 5.74) is 0.800. The fourth-order valence-corrected chi connectivity index (χ4v) is 2.05. The van der Waals surface area contributed by atoms with Gasteiger partial charge in [0.1, 0.15) is 11.6 Å². The lowest BCUT2D eigenvalue weighted by Gasteiger charge is -2.09. The van der Waals surface area contributed by atoms with Gasteiger partial charge in [-0.05, 0) is 35.9 Å². The summed E-state index contributed by atoms with van der Waals surface area (Å²) < 4.78 is 18.0. The summed E-state index contributed by atoms with van der Waals surface area (Å²) in [5, 5.41) is 3.50. The highest BCUT2D eigenvalue weighted by atomic mass is 35.5. The van der Waals surface area contributed by atoms with Crippen LogP contribution in [0.3, 0.4) is 0 Å². The minimum absolute atomic E-state index is 0.164. The molecule has 0 radical (unpaired) electrons. The Morgan fingerprint density at radius 3 is 2.52 bits per heavy atom. The van der Waals surface area contributed by atoms with Gasteiger partial charge in [-0.2, -0.15) is 0 Å². The van der Waals surface area contributed by atoms with Gasteiger partial charge in [-0.3, -0.25) is 4.79 Å². The lowest BCUT2D eigenvalue weighted by Crippen LogP contribution is -2.28. The van der Waals surface area contributed by atoms with Gasteiger partial charge in [0.15, 0.2) is 6.61 Å². The number of rotatable bonds is 5. The van der Waals surface area contributed by atoms with E-state index in [4.69, 9.17) is 27.9 Å². The van der Waals surface area contributed by atoms with Crippen LogP contribution in [0.5, 0.6) is 5.75 Å². The van der Waals surface area contributed by atoms with Crippen LogP contribution in [0.4, 0.5) is 4.39 Å². The standard InChI is InChI=1S/C15H12Cl2FNO2/c16-11-3-6-14(13(17)7-11)21-9-15(20)19-8-10-1-4-12(18)5-2-10/h1-7H,8-9H2,(H,19,20). The maximum absolute atomic E-state index is 12.7. The Morgan fingerprint density at radius 1 is 1.14 bits per heavy atom. The van der Waals surface area contributed by atoms with Crippen LogP contribution in [0.25, 0.3) is 0 Å². The van der Waals surface area contributed by atoms with E-state index in [1.165, 1.54) is 18.2 Å². The molecule has 110 valence electrons. The quantitative estimate of drug-likeness (QED) is 0.906. The number of hydrogen-bond acceptors (Lipinski definition) is 2. The van der Waals surface area contributed by atoms with Crippen molar-refractivity contribution in [3.05, 3.63) is 63.9 Å². The number of benzene rings is 2. The Kier molecular flexibility index (Phi) is 5.42. The molecular weight excluding hydrogens is 316 g/mol. The molecule has 6 heteroatoms. The van der Waals surface area contributed by atoms with Crippen LogP contribution in [0, 0.1) is 5.82 Å². The lowest BCUT2D eigenvalue weighted by atomic mass is 10.2. The van der Waals surface area contributed by atoms with Gasteiger partial charge in [0, 0.05) is 11.6 Å². The Bertz CT molecular complexity index is 632. The molecule has 2 aromatic rings. The van der Waals surface area contributed by atoms with Crippen molar-refractivity contribution < 1.29 is 13.9 Å². The SMILES string of the molecule is O=C(COc1ccc(Cl)cc1Cl)NCc1ccc(F)cc1. The summed E-state index contributed by atoms with van der Waals surface area (Å²) in [6, 6.07) is 10.6. The Balaban J connectivity index is 1.80. The summed E-state index contributed by atoms with van der Waals surface area (Å²) in [4.78, 5) is 11.7. The number of halogens is 3. The zero-order valence-corrected chi connectivity index (χ0v) is 12.4. The maximum Gasteiger partial charge on any atom is 0.258 e. The number of carbonyl (C=O) groups excluding carboxylic acids is 1. The third-order valence-electron chi connectivity index (χ3n) is 2.66. The molecule has 0 saturated heterocycles. The molecule has 0 fully saturated rings. The highest BCUT2D eigenvalue weighted by molar-refractivity contribution is 6.35. The molecule has 0 atom stereocenters. The molecule has 0 aliphatic heterocycles. The van der Waals surface area contributed by atoms with Crippen LogP contribution in [-0.4, -0.2) is 12.5 Å². The average molecular weight is 328 g/mol. The van der Waals surface area contributed by atoms with Crippen molar-refractivity contribution in [1.82, 2.24) is 5.32 Å². The molecule has 21 heavy (non-hydrogen) atoms. The molecule has 0 aromatic heterocycles. The Hall–Kier alpha value is -1.78. The largest absolute Gasteiger partial charge is 0.482 e. The molecule has 0 spiro atoms. The van der Waals surface area contributed by atoms with Crippen molar-refractivity contribution in [1.29, 1.82) is 0 Å². The molecule has 0 heterocycles. The van der Waals surface area contributed by atoms with Crippen LogP contribution in [0.2, 0.25) is 10.0 Å². The van der Waals surface area contributed by atoms with Gasteiger partial charge in [0.25, 0.3) is 5.91 Å². The van der Waals surface area contributed by atoms with Gasteiger partial charge in [-0.25, -0.2) is 4.39 Å². The highest BCUT2D eigenvalue weighted by Gasteiger charge is 2.06. The van der Waals surface area contributed by atoms with E-state index in [9.17, 15) is 9.18 Å². The third kappa shape index (κ3) is 4.92. The molecule has 1 N–H and O–H groups in total. The maximum atomic E-state index is 12.7. The van der Waals surface area contributed by atoms with E-state index >= 15 is 0 Å². The monoisotopic (exact) mass is 327 g/mol. The van der Waals surface area contributed by atoms with Gasteiger partial charge in [0.2, 0.25) is 0 Å². The minimum Gasteiger partial charge on any atom is -0.482 e. The van der Waals surface area contributed by atoms with E-state index < -0.39 is 0 Å². The van der Waals surface area contributed by atoms with Crippen LogP contribution in [0.1, 0.15) is 5.56 Å². The van der Waals surface area contributed by atoms with Crippen LogP contribution in [-0.2, 0) is 11.3 Å². The van der Waals surface area contributed by atoms with Crippen molar-refractivity contribution in [2.75, 3.05) is 6.61 Å². The summed E-state index contributed by atoms with van der Waals surface area (Å²) in [6.45, 7) is 0.138. The molecule has 0 saturated carbocycles. The molecule has 0 aliphatic carbocycles. The summed E-state index contributed by atoms with van der Waals surface area (Å²) in [6.07, 6.45) is 0. The van der Waals surface area contributed by atoms with E-state index in [1.54, 1.807) is 24.3 Å². The van der Waals surface area contributed by atoms with Gasteiger partial charge in [0.05, 0.1) is 5.02 Å². The van der Waals surface area contributed by atoms with Gasteiger partial charge in [-0.1, -0.05) is 35.3 Å². The van der Waals surface area contributed by atoms with Crippen LogP contribution in [0.15, 0.2) is 42.5 Å². The second-order valence-corrected chi connectivity index (χ2v) is 5.11. The second-order valence-electron chi connectivity index (χ2n) is 4.27. The fourth-order valence-electron chi connectivity index (χ4n) is 1.59. The van der Waals surface area contributed by atoms with Crippen LogP contribution >= 0.6 is 23.2 Å². The van der Waals surface area contributed by atoms with E-state index in [0.29, 0.717) is 22.3 Å². The number of amides is 1. The molecule has 1 amide bonds. The Morgan fingerprint density at radius 2 is 1.86 bits per heavy atom. The minimum atomic E-state index is -0.314. The second kappa shape index (κ2) is 7.29. The van der Waals surface area contributed by atoms with Gasteiger partial charge >= 0.3 is 0 Å². The topological polar surface area (TPSA) is 38.3 Å². The predicted octanol–water partition coefficient (Wildman–Crippen LogP) is 3.83. The lowest BCUT2D eigenvalue weighted by molar-refractivity contribution is -0.123. The molecule has 2 rings (SSSR count). The van der Waals surface area contributed by atoms with Crippen molar-refractivity contribution >= 4 is 29.1 Å². The van der Waals surface area contributed by atoms with Crippen LogP contribution < -0.4 is 10.1 Å². The first-order valence-electron chi connectivity index (χ1n) is 6.13. The number of carbonyl (C=O) groups is 1. The normalized spacial score (nSPS) is 10.2. The summed E-state index contributed by atoms with van der Waals surface area (Å²) in [7, 11) is 0. The van der Waals surface area contributed by atoms with E-state index in [0.717, 1.165) is 5.56 Å². The number of ether oxygens (including phenoxy) is 1. The molecule has 0 bridgehead atoms. The first-order valence-corrected chi connectivity index (χ1v) is 6.89. The molecule has 3 nitrogen and oxygen atoms in total. The van der Waals surface area contributed by atoms with E-state index in [-0.39, 0.29) is 18.3 Å². The molecule has 0 aliphatic rings. The predicted molar refractivity (Wildman–Crippen MR) is 80.2 cm³/mol.